The molecular weight excluding hydrogens is 302 g/mol. The third-order valence-corrected chi connectivity index (χ3v) is 4.67. The summed E-state index contributed by atoms with van der Waals surface area (Å²) < 4.78 is 0. The predicted molar refractivity (Wildman–Crippen MR) is 89.9 cm³/mol. The van der Waals surface area contributed by atoms with Gasteiger partial charge in [-0.05, 0) is 42.3 Å². The fourth-order valence-corrected chi connectivity index (χ4v) is 3.28. The van der Waals surface area contributed by atoms with E-state index in [1.54, 1.807) is 11.8 Å². The highest BCUT2D eigenvalue weighted by atomic mass is 35.5. The van der Waals surface area contributed by atoms with E-state index in [9.17, 15) is 5.11 Å². The van der Waals surface area contributed by atoms with Crippen LogP contribution < -0.4 is 5.73 Å². The second kappa shape index (κ2) is 7.85. The molecule has 2 rings (SSSR count). The number of benzene rings is 2. The zero-order valence-electron chi connectivity index (χ0n) is 12.0. The van der Waals surface area contributed by atoms with Crippen LogP contribution in [0.1, 0.15) is 31.4 Å². The molecule has 0 aromatic heterocycles. The summed E-state index contributed by atoms with van der Waals surface area (Å²) in [5.74, 6) is 0. The van der Waals surface area contributed by atoms with E-state index in [1.807, 2.05) is 55.5 Å². The summed E-state index contributed by atoms with van der Waals surface area (Å²) in [4.78, 5) is 2.17. The Balaban J connectivity index is 2.22. The first-order valence-corrected chi connectivity index (χ1v) is 8.27. The number of nitrogens with two attached hydrogens (primary N) is 1. The predicted octanol–water partition coefficient (Wildman–Crippen LogP) is 4.65. The largest absolute Gasteiger partial charge is 0.391 e. The van der Waals surface area contributed by atoms with Crippen LogP contribution in [0.15, 0.2) is 58.3 Å². The molecule has 21 heavy (non-hydrogen) atoms. The normalized spacial score (nSPS) is 13.9. The first kappa shape index (κ1) is 16.4. The standard InChI is InChI=1S/C17H20ClNOS/c1-2-5-15(20)17(19)14-6-3-4-7-16(14)21-13-10-8-12(18)9-11-13/h3-4,6-11,15,17,20H,2,5,19H2,1H3/t15-,17+/m1/s1. The van der Waals surface area contributed by atoms with E-state index in [4.69, 9.17) is 17.3 Å². The molecule has 0 fully saturated rings. The van der Waals surface area contributed by atoms with E-state index in [1.165, 1.54) is 0 Å². The molecule has 2 aromatic rings. The van der Waals surface area contributed by atoms with Gasteiger partial charge in [0.05, 0.1) is 12.1 Å². The smallest absolute Gasteiger partial charge is 0.0733 e. The number of rotatable bonds is 6. The number of hydrogen-bond donors (Lipinski definition) is 2. The van der Waals surface area contributed by atoms with Crippen molar-refractivity contribution in [2.24, 2.45) is 5.73 Å². The van der Waals surface area contributed by atoms with E-state index >= 15 is 0 Å². The Kier molecular flexibility index (Phi) is 6.12. The van der Waals surface area contributed by atoms with Crippen LogP contribution in [-0.4, -0.2) is 11.2 Å². The van der Waals surface area contributed by atoms with E-state index < -0.39 is 6.10 Å². The van der Waals surface area contributed by atoms with Crippen LogP contribution in [0.5, 0.6) is 0 Å². The molecule has 112 valence electrons. The minimum atomic E-state index is -0.512. The zero-order chi connectivity index (χ0) is 15.2. The van der Waals surface area contributed by atoms with Crippen molar-refractivity contribution in [2.45, 2.75) is 41.7 Å². The minimum Gasteiger partial charge on any atom is -0.391 e. The summed E-state index contributed by atoms with van der Waals surface area (Å²) in [6, 6.07) is 15.3. The van der Waals surface area contributed by atoms with Crippen LogP contribution in [0.2, 0.25) is 5.02 Å². The van der Waals surface area contributed by atoms with Crippen molar-refractivity contribution in [1.82, 2.24) is 0 Å². The van der Waals surface area contributed by atoms with Crippen molar-refractivity contribution in [1.29, 1.82) is 0 Å². The summed E-state index contributed by atoms with van der Waals surface area (Å²) in [6.07, 6.45) is 1.12. The van der Waals surface area contributed by atoms with Crippen LogP contribution in [-0.2, 0) is 0 Å². The molecule has 3 N–H and O–H groups in total. The summed E-state index contributed by atoms with van der Waals surface area (Å²) in [5, 5.41) is 10.9. The maximum absolute atomic E-state index is 10.1. The minimum absolute atomic E-state index is 0.360. The fraction of sp³-hybridized carbons (Fsp3) is 0.294. The van der Waals surface area contributed by atoms with Crippen molar-refractivity contribution in [3.8, 4) is 0 Å². The van der Waals surface area contributed by atoms with Gasteiger partial charge in [-0.25, -0.2) is 0 Å². The lowest BCUT2D eigenvalue weighted by atomic mass is 9.99. The number of aliphatic hydroxyl groups is 1. The lowest BCUT2D eigenvalue weighted by Gasteiger charge is -2.21. The second-order valence-corrected chi connectivity index (χ2v) is 6.53. The second-order valence-electron chi connectivity index (χ2n) is 4.98. The summed E-state index contributed by atoms with van der Waals surface area (Å²) in [6.45, 7) is 2.05. The molecule has 0 heterocycles. The van der Waals surface area contributed by atoms with Gasteiger partial charge < -0.3 is 10.8 Å². The molecule has 0 aliphatic carbocycles. The van der Waals surface area contributed by atoms with Gasteiger partial charge in [0, 0.05) is 14.8 Å². The molecule has 4 heteroatoms. The molecule has 2 aromatic carbocycles. The molecule has 0 saturated heterocycles. The molecule has 0 saturated carbocycles. The average Bonchev–Trinajstić information content (AvgIpc) is 2.50. The first-order chi connectivity index (χ1) is 10.1. The molecule has 0 amide bonds. The van der Waals surface area contributed by atoms with Crippen LogP contribution >= 0.6 is 23.4 Å². The Hall–Kier alpha value is -1.00. The van der Waals surface area contributed by atoms with Gasteiger partial charge in [-0.2, -0.15) is 0 Å². The third kappa shape index (κ3) is 4.48. The Morgan fingerprint density at radius 3 is 2.48 bits per heavy atom. The van der Waals surface area contributed by atoms with Gasteiger partial charge in [-0.15, -0.1) is 0 Å². The van der Waals surface area contributed by atoms with Crippen LogP contribution in [0.4, 0.5) is 0 Å². The van der Waals surface area contributed by atoms with E-state index in [-0.39, 0.29) is 6.04 Å². The van der Waals surface area contributed by atoms with Crippen molar-refractivity contribution in [3.05, 3.63) is 59.1 Å². The molecule has 0 radical (unpaired) electrons. The Morgan fingerprint density at radius 2 is 1.81 bits per heavy atom. The van der Waals surface area contributed by atoms with Gasteiger partial charge in [-0.1, -0.05) is 54.9 Å². The van der Waals surface area contributed by atoms with Crippen LogP contribution in [0, 0.1) is 0 Å². The fourth-order valence-electron chi connectivity index (χ4n) is 2.16. The van der Waals surface area contributed by atoms with Crippen molar-refractivity contribution in [3.63, 3.8) is 0 Å². The maximum atomic E-state index is 10.1. The Labute approximate surface area is 135 Å². The van der Waals surface area contributed by atoms with E-state index in [2.05, 4.69) is 0 Å². The molecule has 0 aliphatic rings. The van der Waals surface area contributed by atoms with Crippen molar-refractivity contribution >= 4 is 23.4 Å². The van der Waals surface area contributed by atoms with Crippen molar-refractivity contribution < 1.29 is 5.11 Å². The van der Waals surface area contributed by atoms with Gasteiger partial charge >= 0.3 is 0 Å². The summed E-state index contributed by atoms with van der Waals surface area (Å²) in [5.41, 5.74) is 7.20. The number of hydrogen-bond acceptors (Lipinski definition) is 3. The van der Waals surface area contributed by atoms with Gasteiger partial charge in [0.2, 0.25) is 0 Å². The monoisotopic (exact) mass is 321 g/mol. The van der Waals surface area contributed by atoms with Crippen molar-refractivity contribution in [2.75, 3.05) is 0 Å². The molecular formula is C17H20ClNOS. The highest BCUT2D eigenvalue weighted by Gasteiger charge is 2.19. The molecule has 0 spiro atoms. The van der Waals surface area contributed by atoms with Crippen LogP contribution in [0.25, 0.3) is 0 Å². The number of halogens is 1. The average molecular weight is 322 g/mol. The SMILES string of the molecule is CCC[C@@H](O)[C@@H](N)c1ccccc1Sc1ccc(Cl)cc1. The molecule has 0 bridgehead atoms. The van der Waals surface area contributed by atoms with Gasteiger partial charge in [0.15, 0.2) is 0 Å². The highest BCUT2D eigenvalue weighted by molar-refractivity contribution is 7.99. The topological polar surface area (TPSA) is 46.2 Å². The molecule has 2 atom stereocenters. The van der Waals surface area contributed by atoms with E-state index in [0.29, 0.717) is 6.42 Å². The number of aliphatic hydroxyl groups excluding tert-OH is 1. The third-order valence-electron chi connectivity index (χ3n) is 3.32. The highest BCUT2D eigenvalue weighted by Crippen LogP contribution is 2.34. The first-order valence-electron chi connectivity index (χ1n) is 7.07. The Bertz CT molecular complexity index is 573. The summed E-state index contributed by atoms with van der Waals surface area (Å²) in [7, 11) is 0. The van der Waals surface area contributed by atoms with E-state index in [0.717, 1.165) is 26.8 Å². The zero-order valence-corrected chi connectivity index (χ0v) is 13.6. The lowest BCUT2D eigenvalue weighted by Crippen LogP contribution is -2.26. The van der Waals surface area contributed by atoms with Gasteiger partial charge in [-0.3, -0.25) is 0 Å². The van der Waals surface area contributed by atoms with Gasteiger partial charge in [0.25, 0.3) is 0 Å². The van der Waals surface area contributed by atoms with Gasteiger partial charge in [0.1, 0.15) is 0 Å². The Morgan fingerprint density at radius 1 is 1.14 bits per heavy atom. The van der Waals surface area contributed by atoms with Crippen LogP contribution in [0.3, 0.4) is 0 Å². The molecule has 2 nitrogen and oxygen atoms in total. The lowest BCUT2D eigenvalue weighted by molar-refractivity contribution is 0.133. The molecule has 0 aliphatic heterocycles. The molecule has 0 unspecified atom stereocenters. The quantitative estimate of drug-likeness (QED) is 0.814. The summed E-state index contributed by atoms with van der Waals surface area (Å²) >= 11 is 7.55. The maximum Gasteiger partial charge on any atom is 0.0733 e.